The zero-order valence-corrected chi connectivity index (χ0v) is 30.1. The highest BCUT2D eigenvalue weighted by atomic mass is 32.2. The van der Waals surface area contributed by atoms with Gasteiger partial charge in [-0.3, -0.25) is 4.79 Å². The van der Waals surface area contributed by atoms with Gasteiger partial charge >= 0.3 is 0 Å². The van der Waals surface area contributed by atoms with Crippen LogP contribution < -0.4 is 5.32 Å². The van der Waals surface area contributed by atoms with Crippen LogP contribution >= 0.6 is 23.5 Å². The van der Waals surface area contributed by atoms with E-state index >= 15 is 0 Å². The summed E-state index contributed by atoms with van der Waals surface area (Å²) in [6, 6.07) is 0. The third-order valence-electron chi connectivity index (χ3n) is 8.36. The molecule has 0 aromatic rings. The van der Waals surface area contributed by atoms with Crippen molar-refractivity contribution >= 4 is 29.4 Å². The zero-order valence-electron chi connectivity index (χ0n) is 28.5. The van der Waals surface area contributed by atoms with Crippen LogP contribution in [0.5, 0.6) is 0 Å². The van der Waals surface area contributed by atoms with Crippen molar-refractivity contribution in [1.82, 2.24) is 10.2 Å². The van der Waals surface area contributed by atoms with E-state index in [1.807, 2.05) is 0 Å². The summed E-state index contributed by atoms with van der Waals surface area (Å²) < 4.78 is 0. The topological polar surface area (TPSA) is 32.3 Å². The molecule has 1 unspecified atom stereocenters. The van der Waals surface area contributed by atoms with Crippen LogP contribution in [0.1, 0.15) is 175 Å². The summed E-state index contributed by atoms with van der Waals surface area (Å²) in [5.41, 5.74) is 0. The van der Waals surface area contributed by atoms with Gasteiger partial charge in [0, 0.05) is 24.0 Å². The molecule has 0 aliphatic heterocycles. The molecular formula is C36H74N2OS2. The van der Waals surface area contributed by atoms with Crippen LogP contribution in [0, 0.1) is 0 Å². The summed E-state index contributed by atoms with van der Waals surface area (Å²) in [5, 5.41) is 3.81. The number of rotatable bonds is 34. The number of nitrogens with one attached hydrogen (secondary N) is 1. The van der Waals surface area contributed by atoms with E-state index in [-0.39, 0.29) is 5.91 Å². The van der Waals surface area contributed by atoms with Crippen LogP contribution in [-0.4, -0.2) is 59.5 Å². The lowest BCUT2D eigenvalue weighted by molar-refractivity contribution is -0.121. The minimum absolute atomic E-state index is 0.258. The number of hydrogen-bond donors (Lipinski definition) is 1. The van der Waals surface area contributed by atoms with Crippen molar-refractivity contribution in [3.05, 3.63) is 0 Å². The molecule has 0 rings (SSSR count). The molecule has 1 N–H and O–H groups in total. The van der Waals surface area contributed by atoms with Crippen molar-refractivity contribution in [2.45, 2.75) is 181 Å². The third kappa shape index (κ3) is 31.4. The third-order valence-corrected chi connectivity index (χ3v) is 11.2. The Morgan fingerprint density at radius 1 is 0.610 bits per heavy atom. The number of amides is 1. The van der Waals surface area contributed by atoms with Gasteiger partial charge < -0.3 is 10.2 Å². The number of unbranched alkanes of at least 4 members (excludes halogenated alkanes) is 18. The van der Waals surface area contributed by atoms with Crippen molar-refractivity contribution in [3.8, 4) is 0 Å². The van der Waals surface area contributed by atoms with Crippen molar-refractivity contribution in [2.75, 3.05) is 43.4 Å². The lowest BCUT2D eigenvalue weighted by atomic mass is 10.1. The van der Waals surface area contributed by atoms with E-state index < -0.39 is 0 Å². The molecule has 0 aromatic heterocycles. The maximum absolute atomic E-state index is 12.5. The lowest BCUT2D eigenvalue weighted by Gasteiger charge is -2.18. The van der Waals surface area contributed by atoms with Gasteiger partial charge in [-0.2, -0.15) is 23.5 Å². The summed E-state index contributed by atoms with van der Waals surface area (Å²) in [4.78, 5) is 15.0. The predicted molar refractivity (Wildman–Crippen MR) is 192 cm³/mol. The highest BCUT2D eigenvalue weighted by Crippen LogP contribution is 2.24. The van der Waals surface area contributed by atoms with Crippen LogP contribution in [0.2, 0.25) is 0 Å². The van der Waals surface area contributed by atoms with Crippen LogP contribution in [-0.2, 0) is 4.79 Å². The van der Waals surface area contributed by atoms with Crippen molar-refractivity contribution in [3.63, 3.8) is 0 Å². The van der Waals surface area contributed by atoms with Gasteiger partial charge in [-0.25, -0.2) is 0 Å². The Labute approximate surface area is 267 Å². The lowest BCUT2D eigenvalue weighted by Crippen LogP contribution is -2.30. The summed E-state index contributed by atoms with van der Waals surface area (Å²) in [6.07, 6.45) is 30.9. The first-order chi connectivity index (χ1) is 20.2. The first-order valence-corrected chi connectivity index (χ1v) is 20.6. The molecule has 0 aromatic carbocycles. The standard InChI is InChI=1S/C36H74N2OS2/c1-5-9-11-13-15-17-19-21-23-25-32-40-34-35(28-29-36(39)37-30-27-31-38(7-3)8-4)41-33-26-24-22-20-18-16-14-12-10-6-2/h35H,5-34H2,1-4H3,(H,37,39). The maximum atomic E-state index is 12.5. The Kier molecular flexibility index (Phi) is 34.7. The molecule has 0 aliphatic carbocycles. The fraction of sp³-hybridized carbons (Fsp3) is 0.972. The van der Waals surface area contributed by atoms with Gasteiger partial charge in [0.05, 0.1) is 0 Å². The Hall–Kier alpha value is 0.130. The highest BCUT2D eigenvalue weighted by molar-refractivity contribution is 8.03. The monoisotopic (exact) mass is 615 g/mol. The number of hydrogen-bond acceptors (Lipinski definition) is 4. The number of carbonyl (C=O) groups excluding carboxylic acids is 1. The van der Waals surface area contributed by atoms with Crippen LogP contribution in [0.25, 0.3) is 0 Å². The van der Waals surface area contributed by atoms with Crippen molar-refractivity contribution in [2.24, 2.45) is 0 Å². The van der Waals surface area contributed by atoms with Crippen LogP contribution in [0.4, 0.5) is 0 Å². The maximum Gasteiger partial charge on any atom is 0.220 e. The van der Waals surface area contributed by atoms with Crippen LogP contribution in [0.15, 0.2) is 0 Å². The Bertz CT molecular complexity index is 516. The fourth-order valence-electron chi connectivity index (χ4n) is 5.41. The molecule has 1 atom stereocenters. The minimum atomic E-state index is 0.258. The van der Waals surface area contributed by atoms with Crippen molar-refractivity contribution in [1.29, 1.82) is 0 Å². The first kappa shape index (κ1) is 41.1. The molecule has 3 nitrogen and oxygen atoms in total. The molecule has 0 aliphatic rings. The summed E-state index contributed by atoms with van der Waals surface area (Å²) in [6.45, 7) is 13.1. The average molecular weight is 615 g/mol. The van der Waals surface area contributed by atoms with Gasteiger partial charge in [0.15, 0.2) is 0 Å². The van der Waals surface area contributed by atoms with E-state index in [2.05, 4.69) is 61.4 Å². The summed E-state index contributed by atoms with van der Waals surface area (Å²) >= 11 is 4.30. The van der Waals surface area contributed by atoms with Crippen LogP contribution in [0.3, 0.4) is 0 Å². The van der Waals surface area contributed by atoms with E-state index in [0.717, 1.165) is 39.0 Å². The average Bonchev–Trinajstić information content (AvgIpc) is 2.98. The minimum Gasteiger partial charge on any atom is -0.356 e. The summed E-state index contributed by atoms with van der Waals surface area (Å²) in [7, 11) is 0. The molecular weight excluding hydrogens is 541 g/mol. The van der Waals surface area contributed by atoms with Gasteiger partial charge in [-0.15, -0.1) is 0 Å². The Morgan fingerprint density at radius 3 is 1.56 bits per heavy atom. The van der Waals surface area contributed by atoms with Gasteiger partial charge in [0.25, 0.3) is 0 Å². The predicted octanol–water partition coefficient (Wildman–Crippen LogP) is 11.3. The molecule has 0 spiro atoms. The second-order valence-corrected chi connectivity index (χ2v) is 14.8. The summed E-state index contributed by atoms with van der Waals surface area (Å²) in [5.74, 6) is 4.04. The van der Waals surface area contributed by atoms with Gasteiger partial charge in [0.2, 0.25) is 5.91 Å². The largest absolute Gasteiger partial charge is 0.356 e. The molecule has 41 heavy (non-hydrogen) atoms. The number of carbonyl (C=O) groups is 1. The van der Waals surface area contributed by atoms with Crippen molar-refractivity contribution < 1.29 is 4.79 Å². The van der Waals surface area contributed by atoms with E-state index in [9.17, 15) is 4.79 Å². The van der Waals surface area contributed by atoms with E-state index in [4.69, 9.17) is 0 Å². The molecule has 1 amide bonds. The Balaban J connectivity index is 4.09. The van der Waals surface area contributed by atoms with E-state index in [1.54, 1.807) is 0 Å². The smallest absolute Gasteiger partial charge is 0.220 e. The quantitative estimate of drug-likeness (QED) is 0.0731. The fourth-order valence-corrected chi connectivity index (χ4v) is 8.08. The number of nitrogens with zero attached hydrogens (tertiary/aromatic N) is 1. The van der Waals surface area contributed by atoms with Gasteiger partial charge in [0.1, 0.15) is 0 Å². The normalized spacial score (nSPS) is 12.3. The molecule has 0 bridgehead atoms. The second kappa shape index (κ2) is 34.6. The molecule has 0 heterocycles. The van der Waals surface area contributed by atoms with Gasteiger partial charge in [-0.05, 0) is 56.8 Å². The molecule has 0 fully saturated rings. The van der Waals surface area contributed by atoms with E-state index in [1.165, 1.54) is 146 Å². The molecule has 0 saturated carbocycles. The molecule has 0 saturated heterocycles. The SMILES string of the molecule is CCCCCCCCCCCCSCC(CCC(=O)NCCCN(CC)CC)SCCCCCCCCCCCC. The molecule has 5 heteroatoms. The van der Waals surface area contributed by atoms with E-state index in [0.29, 0.717) is 11.7 Å². The Morgan fingerprint density at radius 2 is 1.07 bits per heavy atom. The zero-order chi connectivity index (χ0) is 30.1. The number of thioether (sulfide) groups is 2. The highest BCUT2D eigenvalue weighted by Gasteiger charge is 2.12. The molecule has 246 valence electrons. The van der Waals surface area contributed by atoms with Gasteiger partial charge in [-0.1, -0.05) is 143 Å². The second-order valence-electron chi connectivity index (χ2n) is 12.2. The molecule has 0 radical (unpaired) electrons. The first-order valence-electron chi connectivity index (χ1n) is 18.4.